The zero-order valence-electron chi connectivity index (χ0n) is 18.1. The van der Waals surface area contributed by atoms with Gasteiger partial charge in [-0.3, -0.25) is 19.3 Å². The van der Waals surface area contributed by atoms with Gasteiger partial charge < -0.3 is 18.9 Å². The average molecular weight is 530 g/mol. The van der Waals surface area contributed by atoms with E-state index >= 15 is 0 Å². The molecule has 0 atom stereocenters. The highest BCUT2D eigenvalue weighted by Gasteiger charge is 2.36. The van der Waals surface area contributed by atoms with Gasteiger partial charge in [-0.05, 0) is 79.2 Å². The summed E-state index contributed by atoms with van der Waals surface area (Å²) in [5.74, 6) is -1.11. The highest BCUT2D eigenvalue weighted by Crippen LogP contribution is 2.39. The molecule has 0 saturated carbocycles. The van der Waals surface area contributed by atoms with Crippen molar-refractivity contribution in [2.24, 2.45) is 0 Å². The third-order valence-corrected chi connectivity index (χ3v) is 5.29. The Bertz CT molecular complexity index is 931. The van der Waals surface area contributed by atoms with Crippen LogP contribution in [0.4, 0.5) is 4.79 Å². The zero-order chi connectivity index (χ0) is 23.8. The summed E-state index contributed by atoms with van der Waals surface area (Å²) in [6.07, 6.45) is 1.16. The van der Waals surface area contributed by atoms with Crippen LogP contribution in [0.2, 0.25) is 0 Å². The second kappa shape index (κ2) is 11.9. The molecule has 1 aliphatic heterocycles. The van der Waals surface area contributed by atoms with E-state index in [9.17, 15) is 19.2 Å². The van der Waals surface area contributed by atoms with Crippen molar-refractivity contribution in [1.82, 2.24) is 4.90 Å². The standard InChI is InChI=1S/C21H24BrNO8S/c1-5-28-15-8-13(7-14(22)19(15)30-11-18(25)29-6-2)9-16-20(26)23(21(27)32-16)10-17(24)31-12(3)4/h7-9,12H,5-6,10-11H2,1-4H3/b16-9+. The molecule has 1 aromatic rings. The first kappa shape index (κ1) is 25.7. The van der Waals surface area contributed by atoms with Crippen molar-refractivity contribution >= 4 is 56.9 Å². The second-order valence-electron chi connectivity index (χ2n) is 6.66. The van der Waals surface area contributed by atoms with E-state index in [-0.39, 0.29) is 24.2 Å². The minimum absolute atomic E-state index is 0.155. The maximum atomic E-state index is 12.6. The Morgan fingerprint density at radius 1 is 1.12 bits per heavy atom. The van der Waals surface area contributed by atoms with Crippen LogP contribution in [0.5, 0.6) is 11.5 Å². The van der Waals surface area contributed by atoms with Gasteiger partial charge in [0.05, 0.1) is 28.7 Å². The third kappa shape index (κ3) is 6.99. The number of halogens is 1. The maximum absolute atomic E-state index is 12.6. The predicted molar refractivity (Wildman–Crippen MR) is 121 cm³/mol. The number of carbonyl (C=O) groups excluding carboxylic acids is 4. The number of rotatable bonds is 10. The van der Waals surface area contributed by atoms with Gasteiger partial charge in [0.15, 0.2) is 18.1 Å². The number of amides is 2. The van der Waals surface area contributed by atoms with Crippen molar-refractivity contribution in [3.63, 3.8) is 0 Å². The van der Waals surface area contributed by atoms with E-state index in [1.807, 2.05) is 0 Å². The first-order chi connectivity index (χ1) is 15.2. The SMILES string of the molecule is CCOC(=O)COc1c(Br)cc(/C=C2/SC(=O)N(CC(=O)OC(C)C)C2=O)cc1OCC. The molecule has 0 N–H and O–H groups in total. The Hall–Kier alpha value is -2.53. The van der Waals surface area contributed by atoms with Crippen LogP contribution in [0, 0.1) is 0 Å². The molecule has 1 aliphatic rings. The smallest absolute Gasteiger partial charge is 0.344 e. The number of hydrogen-bond donors (Lipinski definition) is 0. The van der Waals surface area contributed by atoms with Gasteiger partial charge in [0.2, 0.25) is 0 Å². The summed E-state index contributed by atoms with van der Waals surface area (Å²) in [5, 5.41) is -0.555. The molecule has 0 radical (unpaired) electrons. The van der Waals surface area contributed by atoms with Crippen molar-refractivity contribution in [2.75, 3.05) is 26.4 Å². The second-order valence-corrected chi connectivity index (χ2v) is 8.51. The Kier molecular flexibility index (Phi) is 9.58. The number of esters is 2. The van der Waals surface area contributed by atoms with Crippen molar-refractivity contribution in [2.45, 2.75) is 33.8 Å². The lowest BCUT2D eigenvalue weighted by Gasteiger charge is -2.14. The van der Waals surface area contributed by atoms with E-state index in [2.05, 4.69) is 15.9 Å². The number of nitrogens with zero attached hydrogens (tertiary/aromatic N) is 1. The van der Waals surface area contributed by atoms with Gasteiger partial charge in [-0.15, -0.1) is 0 Å². The molecule has 0 aliphatic carbocycles. The van der Waals surface area contributed by atoms with E-state index < -0.39 is 29.6 Å². The number of imide groups is 1. The van der Waals surface area contributed by atoms with Crippen LogP contribution in [-0.2, 0) is 23.9 Å². The topological polar surface area (TPSA) is 108 Å². The highest BCUT2D eigenvalue weighted by molar-refractivity contribution is 9.10. The summed E-state index contributed by atoms with van der Waals surface area (Å²) in [5.41, 5.74) is 0.555. The fourth-order valence-electron chi connectivity index (χ4n) is 2.62. The molecule has 2 rings (SSSR count). The number of thioether (sulfide) groups is 1. The van der Waals surface area contributed by atoms with E-state index in [1.165, 1.54) is 6.08 Å². The van der Waals surface area contributed by atoms with E-state index in [4.69, 9.17) is 18.9 Å². The van der Waals surface area contributed by atoms with Gasteiger partial charge in [-0.2, -0.15) is 0 Å². The van der Waals surface area contributed by atoms with Gasteiger partial charge in [0.1, 0.15) is 6.54 Å². The van der Waals surface area contributed by atoms with Crippen LogP contribution in [0.3, 0.4) is 0 Å². The van der Waals surface area contributed by atoms with Crippen molar-refractivity contribution in [3.8, 4) is 11.5 Å². The minimum atomic E-state index is -0.659. The summed E-state index contributed by atoms with van der Waals surface area (Å²) < 4.78 is 21.5. The van der Waals surface area contributed by atoms with Crippen LogP contribution in [0.25, 0.3) is 6.08 Å². The van der Waals surface area contributed by atoms with Crippen LogP contribution < -0.4 is 9.47 Å². The fourth-order valence-corrected chi connectivity index (χ4v) is 4.04. The van der Waals surface area contributed by atoms with Crippen molar-refractivity contribution in [3.05, 3.63) is 27.1 Å². The normalized spacial score (nSPS) is 14.8. The van der Waals surface area contributed by atoms with E-state index in [0.717, 1.165) is 16.7 Å². The first-order valence-corrected chi connectivity index (χ1v) is 11.5. The quantitative estimate of drug-likeness (QED) is 0.330. The molecule has 0 spiro atoms. The van der Waals surface area contributed by atoms with Gasteiger partial charge in [-0.25, -0.2) is 4.79 Å². The summed E-state index contributed by atoms with van der Waals surface area (Å²) in [4.78, 5) is 49.3. The lowest BCUT2D eigenvalue weighted by molar-refractivity contribution is -0.149. The maximum Gasteiger partial charge on any atom is 0.344 e. The Balaban J connectivity index is 2.24. The van der Waals surface area contributed by atoms with Gasteiger partial charge >= 0.3 is 11.9 Å². The van der Waals surface area contributed by atoms with Crippen LogP contribution in [-0.4, -0.2) is 60.5 Å². The average Bonchev–Trinajstić information content (AvgIpc) is 2.94. The Morgan fingerprint density at radius 3 is 2.47 bits per heavy atom. The first-order valence-electron chi connectivity index (χ1n) is 9.85. The number of benzene rings is 1. The molecule has 1 saturated heterocycles. The number of hydrogen-bond acceptors (Lipinski definition) is 9. The molecule has 0 bridgehead atoms. The lowest BCUT2D eigenvalue weighted by atomic mass is 10.2. The molecular weight excluding hydrogens is 506 g/mol. The molecule has 1 fully saturated rings. The molecule has 9 nitrogen and oxygen atoms in total. The van der Waals surface area contributed by atoms with Gasteiger partial charge in [0.25, 0.3) is 11.1 Å². The fraction of sp³-hybridized carbons (Fsp3) is 0.429. The molecule has 32 heavy (non-hydrogen) atoms. The Morgan fingerprint density at radius 2 is 1.84 bits per heavy atom. The van der Waals surface area contributed by atoms with Gasteiger partial charge in [-0.1, -0.05) is 0 Å². The minimum Gasteiger partial charge on any atom is -0.490 e. The number of ether oxygens (including phenoxy) is 4. The van der Waals surface area contributed by atoms with Gasteiger partial charge in [0, 0.05) is 0 Å². The molecule has 1 heterocycles. The molecular formula is C21H24BrNO8S. The lowest BCUT2D eigenvalue weighted by Crippen LogP contribution is -2.35. The summed E-state index contributed by atoms with van der Waals surface area (Å²) in [6, 6.07) is 3.28. The third-order valence-electron chi connectivity index (χ3n) is 3.80. The summed E-state index contributed by atoms with van der Waals surface area (Å²) in [7, 11) is 0. The molecule has 11 heteroatoms. The van der Waals surface area contributed by atoms with Crippen LogP contribution in [0.1, 0.15) is 33.3 Å². The predicted octanol–water partition coefficient (Wildman–Crippen LogP) is 3.78. The number of carbonyl (C=O) groups is 4. The summed E-state index contributed by atoms with van der Waals surface area (Å²) >= 11 is 4.11. The molecule has 0 unspecified atom stereocenters. The molecule has 2 amide bonds. The van der Waals surface area contributed by atoms with Crippen molar-refractivity contribution < 1.29 is 38.1 Å². The molecule has 0 aromatic heterocycles. The van der Waals surface area contributed by atoms with Crippen molar-refractivity contribution in [1.29, 1.82) is 0 Å². The van der Waals surface area contributed by atoms with E-state index in [1.54, 1.807) is 39.8 Å². The van der Waals surface area contributed by atoms with Crippen LogP contribution in [0.15, 0.2) is 21.5 Å². The highest BCUT2D eigenvalue weighted by atomic mass is 79.9. The summed E-state index contributed by atoms with van der Waals surface area (Å²) in [6.45, 7) is 6.68. The molecule has 174 valence electrons. The molecule has 1 aromatic carbocycles. The Labute approximate surface area is 198 Å². The zero-order valence-corrected chi connectivity index (χ0v) is 20.5. The van der Waals surface area contributed by atoms with Crippen LogP contribution >= 0.6 is 27.7 Å². The van der Waals surface area contributed by atoms with E-state index in [0.29, 0.717) is 28.1 Å². The monoisotopic (exact) mass is 529 g/mol. The largest absolute Gasteiger partial charge is 0.490 e.